The van der Waals surface area contributed by atoms with Crippen LogP contribution >= 0.6 is 0 Å². The van der Waals surface area contributed by atoms with Gasteiger partial charge in [0, 0.05) is 30.3 Å². The fourth-order valence-electron chi connectivity index (χ4n) is 6.70. The molecule has 2 bridgehead atoms. The SMILES string of the molecule is COC(=O)C1C/C(O)=C/C2(C)CC(=O)C(OC(=O)C(N)Cc3ccccc3)=C(C)C2CC2CC1C(OC(=O)C=C(C)C)C(=O)O2. The van der Waals surface area contributed by atoms with Crippen molar-refractivity contribution in [3.05, 3.63) is 70.7 Å². The summed E-state index contributed by atoms with van der Waals surface area (Å²) in [6.07, 6.45) is 0.815. The molecule has 0 aromatic heterocycles. The van der Waals surface area contributed by atoms with Gasteiger partial charge in [0.2, 0.25) is 6.10 Å². The van der Waals surface area contributed by atoms with Gasteiger partial charge in [-0.25, -0.2) is 14.4 Å². The number of ether oxygens (including phenoxy) is 4. The van der Waals surface area contributed by atoms with Crippen LogP contribution in [0.25, 0.3) is 0 Å². The number of hydrogen-bond donors (Lipinski definition) is 2. The number of rotatable bonds is 7. The van der Waals surface area contributed by atoms with Crippen molar-refractivity contribution in [3.63, 3.8) is 0 Å². The summed E-state index contributed by atoms with van der Waals surface area (Å²) in [5.41, 5.74) is 7.11. The minimum absolute atomic E-state index is 0.115. The molecule has 0 amide bonds. The molecule has 1 aromatic carbocycles. The van der Waals surface area contributed by atoms with Crippen molar-refractivity contribution in [2.75, 3.05) is 7.11 Å². The molecule has 11 nitrogen and oxygen atoms in total. The van der Waals surface area contributed by atoms with Crippen LogP contribution in [0.15, 0.2) is 65.1 Å². The Bertz CT molecular complexity index is 1440. The highest BCUT2D eigenvalue weighted by molar-refractivity contribution is 5.98. The van der Waals surface area contributed by atoms with Gasteiger partial charge in [0.05, 0.1) is 18.8 Å². The summed E-state index contributed by atoms with van der Waals surface area (Å²) in [5, 5.41) is 11.2. The van der Waals surface area contributed by atoms with Crippen LogP contribution in [-0.2, 0) is 49.3 Å². The summed E-state index contributed by atoms with van der Waals surface area (Å²) >= 11 is 0. The Morgan fingerprint density at radius 3 is 2.49 bits per heavy atom. The minimum atomic E-state index is -1.40. The van der Waals surface area contributed by atoms with Gasteiger partial charge in [0.25, 0.3) is 0 Å². The molecule has 7 unspecified atom stereocenters. The highest BCUT2D eigenvalue weighted by Gasteiger charge is 2.52. The Balaban J connectivity index is 1.68. The van der Waals surface area contributed by atoms with Gasteiger partial charge in [-0.2, -0.15) is 0 Å². The minimum Gasteiger partial charge on any atom is -0.513 e. The standard InChI is InChI=1S/C34H41NO10/c1-18(2)11-28(38)44-30-23-14-22(43-33(30)41)15-25-19(3)29(45-32(40)26(35)12-20-9-7-6-8-10-20)27(37)17-34(25,4)16-21(36)13-24(23)31(39)42-5/h6-11,16,22-26,30,36H,12-15,17,35H2,1-5H3/b21-16-. The Morgan fingerprint density at radius 1 is 1.16 bits per heavy atom. The summed E-state index contributed by atoms with van der Waals surface area (Å²) in [4.78, 5) is 65.3. The molecule has 45 heavy (non-hydrogen) atoms. The highest BCUT2D eigenvalue weighted by atomic mass is 16.6. The lowest BCUT2D eigenvalue weighted by molar-refractivity contribution is -0.190. The van der Waals surface area contributed by atoms with Crippen molar-refractivity contribution < 1.29 is 48.0 Å². The van der Waals surface area contributed by atoms with E-state index < -0.39 is 71.1 Å². The van der Waals surface area contributed by atoms with Gasteiger partial charge in [-0.1, -0.05) is 42.8 Å². The number of carbonyl (C=O) groups excluding carboxylic acids is 5. The predicted octanol–water partition coefficient (Wildman–Crippen LogP) is 3.80. The summed E-state index contributed by atoms with van der Waals surface area (Å²) < 4.78 is 21.9. The third-order valence-electron chi connectivity index (χ3n) is 8.81. The van der Waals surface area contributed by atoms with Crippen molar-refractivity contribution in [3.8, 4) is 0 Å². The van der Waals surface area contributed by atoms with E-state index in [1.54, 1.807) is 33.8 Å². The van der Waals surface area contributed by atoms with Crippen LogP contribution in [0, 0.1) is 23.2 Å². The van der Waals surface area contributed by atoms with Gasteiger partial charge in [-0.3, -0.25) is 9.59 Å². The number of aliphatic hydroxyl groups is 1. The monoisotopic (exact) mass is 623 g/mol. The Kier molecular flexibility index (Phi) is 10.3. The van der Waals surface area contributed by atoms with Crippen LogP contribution < -0.4 is 5.73 Å². The first-order valence-corrected chi connectivity index (χ1v) is 15.0. The van der Waals surface area contributed by atoms with Crippen molar-refractivity contribution >= 4 is 29.7 Å². The van der Waals surface area contributed by atoms with Gasteiger partial charge >= 0.3 is 23.9 Å². The molecule has 7 atom stereocenters. The van der Waals surface area contributed by atoms with E-state index in [1.807, 2.05) is 30.3 Å². The number of ketones is 1. The highest BCUT2D eigenvalue weighted by Crippen LogP contribution is 2.50. The van der Waals surface area contributed by atoms with Crippen LogP contribution in [0.2, 0.25) is 0 Å². The molecule has 4 rings (SSSR count). The number of allylic oxidation sites excluding steroid dienone is 5. The van der Waals surface area contributed by atoms with E-state index in [-0.39, 0.29) is 43.6 Å². The average Bonchev–Trinajstić information content (AvgIpc) is 2.96. The van der Waals surface area contributed by atoms with Crippen LogP contribution in [-0.4, -0.2) is 60.1 Å². The maximum atomic E-state index is 13.4. The molecule has 242 valence electrons. The molecule has 11 heteroatoms. The van der Waals surface area contributed by atoms with E-state index in [0.29, 0.717) is 11.1 Å². The third kappa shape index (κ3) is 7.70. The number of Topliss-reactive ketones (excluding diaryl/α,β-unsaturated/α-hetero) is 1. The first kappa shape index (κ1) is 33.6. The van der Waals surface area contributed by atoms with Crippen molar-refractivity contribution in [1.29, 1.82) is 0 Å². The second-order valence-corrected chi connectivity index (χ2v) is 12.6. The molecule has 3 aliphatic rings. The maximum absolute atomic E-state index is 13.4. The molecule has 0 radical (unpaired) electrons. The summed E-state index contributed by atoms with van der Waals surface area (Å²) in [6, 6.07) is 8.18. The topological polar surface area (TPSA) is 169 Å². The van der Waals surface area contributed by atoms with E-state index >= 15 is 0 Å². The van der Waals surface area contributed by atoms with Gasteiger partial charge < -0.3 is 29.8 Å². The predicted molar refractivity (Wildman–Crippen MR) is 161 cm³/mol. The van der Waals surface area contributed by atoms with Gasteiger partial charge in [-0.15, -0.1) is 0 Å². The van der Waals surface area contributed by atoms with E-state index in [9.17, 15) is 29.1 Å². The molecule has 2 aliphatic carbocycles. The first-order valence-electron chi connectivity index (χ1n) is 15.0. The zero-order valence-electron chi connectivity index (χ0n) is 26.2. The second-order valence-electron chi connectivity index (χ2n) is 12.6. The Hall–Kier alpha value is -4.25. The van der Waals surface area contributed by atoms with Crippen LogP contribution in [0.4, 0.5) is 0 Å². The molecule has 0 spiro atoms. The van der Waals surface area contributed by atoms with Crippen LogP contribution in [0.1, 0.15) is 58.9 Å². The number of fused-ring (bicyclic) bond motifs is 3. The molecule has 1 aromatic rings. The number of aliphatic hydroxyl groups excluding tert-OH is 1. The molecular weight excluding hydrogens is 582 g/mol. The Labute approximate surface area is 262 Å². The Morgan fingerprint density at radius 2 is 1.84 bits per heavy atom. The molecule has 1 saturated heterocycles. The zero-order valence-corrected chi connectivity index (χ0v) is 26.2. The van der Waals surface area contributed by atoms with E-state index in [0.717, 1.165) is 5.56 Å². The first-order chi connectivity index (χ1) is 21.2. The fourth-order valence-corrected chi connectivity index (χ4v) is 6.70. The van der Waals surface area contributed by atoms with E-state index in [1.165, 1.54) is 13.2 Å². The van der Waals surface area contributed by atoms with Crippen LogP contribution in [0.5, 0.6) is 0 Å². The van der Waals surface area contributed by atoms with Crippen molar-refractivity contribution in [2.45, 2.75) is 78.0 Å². The molecule has 1 fully saturated rings. The molecule has 1 heterocycles. The summed E-state index contributed by atoms with van der Waals surface area (Å²) in [6.45, 7) is 6.86. The molecular formula is C34H41NO10. The molecule has 0 saturated carbocycles. The number of esters is 4. The van der Waals surface area contributed by atoms with Crippen molar-refractivity contribution in [2.24, 2.45) is 28.9 Å². The third-order valence-corrected chi connectivity index (χ3v) is 8.81. The normalized spacial score (nSPS) is 30.0. The van der Waals surface area contributed by atoms with E-state index in [2.05, 4.69) is 0 Å². The summed E-state index contributed by atoms with van der Waals surface area (Å²) in [5.74, 6) is -6.17. The quantitative estimate of drug-likeness (QED) is 0.257. The number of hydrogen-bond acceptors (Lipinski definition) is 11. The van der Waals surface area contributed by atoms with Crippen LogP contribution in [0.3, 0.4) is 0 Å². The van der Waals surface area contributed by atoms with E-state index in [4.69, 9.17) is 24.7 Å². The molecule has 1 aliphatic heterocycles. The largest absolute Gasteiger partial charge is 0.513 e. The maximum Gasteiger partial charge on any atom is 0.348 e. The number of benzene rings is 1. The zero-order chi connectivity index (χ0) is 33.1. The number of nitrogens with two attached hydrogens (primary N) is 1. The lowest BCUT2D eigenvalue weighted by atomic mass is 9.62. The number of carbonyl (C=O) groups is 5. The van der Waals surface area contributed by atoms with Gasteiger partial charge in [0.1, 0.15) is 12.1 Å². The smallest absolute Gasteiger partial charge is 0.348 e. The molecule has 3 N–H and O–H groups in total. The lowest BCUT2D eigenvalue weighted by Gasteiger charge is -2.45. The lowest BCUT2D eigenvalue weighted by Crippen LogP contribution is -2.50. The number of methoxy groups -OCH3 is 1. The van der Waals surface area contributed by atoms with Gasteiger partial charge in [0.15, 0.2) is 11.5 Å². The van der Waals surface area contributed by atoms with Crippen molar-refractivity contribution in [1.82, 2.24) is 0 Å². The summed E-state index contributed by atoms with van der Waals surface area (Å²) in [7, 11) is 1.20. The average molecular weight is 624 g/mol. The van der Waals surface area contributed by atoms with Gasteiger partial charge in [-0.05, 0) is 63.2 Å². The fraction of sp³-hybridized carbons (Fsp3) is 0.500. The second kappa shape index (κ2) is 13.8.